The van der Waals surface area contributed by atoms with Crippen LogP contribution in [0.15, 0.2) is 29.8 Å². The molecule has 0 aromatic heterocycles. The van der Waals surface area contributed by atoms with Crippen molar-refractivity contribution in [3.8, 4) is 0 Å². The van der Waals surface area contributed by atoms with Crippen LogP contribution in [-0.2, 0) is 4.79 Å². The SMILES string of the molecule is Cc1ccccc1C=C1CCCCC1=O. The largest absolute Gasteiger partial charge is 0.295 e. The van der Waals surface area contributed by atoms with E-state index < -0.39 is 0 Å². The molecular weight excluding hydrogens is 184 g/mol. The third-order valence-corrected chi connectivity index (χ3v) is 2.98. The molecular formula is C14H16O. The van der Waals surface area contributed by atoms with Crippen molar-refractivity contribution < 1.29 is 4.79 Å². The highest BCUT2D eigenvalue weighted by Crippen LogP contribution is 2.23. The smallest absolute Gasteiger partial charge is 0.158 e. The number of rotatable bonds is 1. The van der Waals surface area contributed by atoms with Gasteiger partial charge in [-0.1, -0.05) is 24.3 Å². The van der Waals surface area contributed by atoms with Gasteiger partial charge in [0.05, 0.1) is 0 Å². The molecule has 2 rings (SSSR count). The van der Waals surface area contributed by atoms with Gasteiger partial charge >= 0.3 is 0 Å². The summed E-state index contributed by atoms with van der Waals surface area (Å²) in [4.78, 5) is 11.6. The van der Waals surface area contributed by atoms with Crippen molar-refractivity contribution in [2.75, 3.05) is 0 Å². The molecule has 78 valence electrons. The predicted molar refractivity (Wildman–Crippen MR) is 62.6 cm³/mol. The van der Waals surface area contributed by atoms with Crippen molar-refractivity contribution in [2.45, 2.75) is 32.6 Å². The molecule has 1 heteroatoms. The maximum Gasteiger partial charge on any atom is 0.158 e. The molecule has 0 aliphatic heterocycles. The molecule has 0 saturated heterocycles. The Balaban J connectivity index is 2.29. The molecule has 0 N–H and O–H groups in total. The number of carbonyl (C=O) groups is 1. The molecule has 1 nitrogen and oxygen atoms in total. The number of hydrogen-bond acceptors (Lipinski definition) is 1. The normalized spacial score (nSPS) is 19.5. The van der Waals surface area contributed by atoms with Crippen LogP contribution in [0.25, 0.3) is 6.08 Å². The second-order valence-electron chi connectivity index (χ2n) is 4.16. The topological polar surface area (TPSA) is 17.1 Å². The standard InChI is InChI=1S/C14H16O/c1-11-6-2-3-7-12(11)10-13-8-4-5-9-14(13)15/h2-3,6-7,10H,4-5,8-9H2,1H3. The monoisotopic (exact) mass is 200 g/mol. The molecule has 0 atom stereocenters. The van der Waals surface area contributed by atoms with Gasteiger partial charge in [-0.2, -0.15) is 0 Å². The fourth-order valence-electron chi connectivity index (χ4n) is 1.99. The minimum atomic E-state index is 0.338. The van der Waals surface area contributed by atoms with Gasteiger partial charge in [0, 0.05) is 6.42 Å². The number of allylic oxidation sites excluding steroid dienone is 1. The molecule has 1 aliphatic carbocycles. The predicted octanol–water partition coefficient (Wildman–Crippen LogP) is 3.52. The average molecular weight is 200 g/mol. The van der Waals surface area contributed by atoms with Gasteiger partial charge in [0.2, 0.25) is 0 Å². The maximum atomic E-state index is 11.6. The highest BCUT2D eigenvalue weighted by Gasteiger charge is 2.14. The van der Waals surface area contributed by atoms with Crippen LogP contribution in [0.1, 0.15) is 36.8 Å². The van der Waals surface area contributed by atoms with Crippen LogP contribution >= 0.6 is 0 Å². The van der Waals surface area contributed by atoms with E-state index in [0.717, 1.165) is 31.3 Å². The molecule has 0 bridgehead atoms. The zero-order chi connectivity index (χ0) is 10.7. The molecule has 1 fully saturated rings. The molecule has 15 heavy (non-hydrogen) atoms. The van der Waals surface area contributed by atoms with Crippen molar-refractivity contribution in [3.05, 3.63) is 41.0 Å². The Kier molecular flexibility index (Phi) is 3.00. The van der Waals surface area contributed by atoms with E-state index in [1.54, 1.807) is 0 Å². The number of carbonyl (C=O) groups excluding carboxylic acids is 1. The summed E-state index contributed by atoms with van der Waals surface area (Å²) in [7, 11) is 0. The molecule has 0 radical (unpaired) electrons. The van der Waals surface area contributed by atoms with Gasteiger partial charge in [0.15, 0.2) is 5.78 Å². The number of Topliss-reactive ketones (excluding diaryl/α,β-unsaturated/α-hetero) is 1. The van der Waals surface area contributed by atoms with Gasteiger partial charge in [-0.15, -0.1) is 0 Å². The van der Waals surface area contributed by atoms with Crippen molar-refractivity contribution >= 4 is 11.9 Å². The Bertz CT molecular complexity index is 402. The maximum absolute atomic E-state index is 11.6. The fourth-order valence-corrected chi connectivity index (χ4v) is 1.99. The fraction of sp³-hybridized carbons (Fsp3) is 0.357. The summed E-state index contributed by atoms with van der Waals surface area (Å²) >= 11 is 0. The van der Waals surface area contributed by atoms with Crippen LogP contribution in [0.4, 0.5) is 0 Å². The Morgan fingerprint density at radius 3 is 2.60 bits per heavy atom. The third kappa shape index (κ3) is 2.35. The first-order chi connectivity index (χ1) is 7.27. The molecule has 1 aromatic rings. The van der Waals surface area contributed by atoms with Crippen LogP contribution in [-0.4, -0.2) is 5.78 Å². The van der Waals surface area contributed by atoms with E-state index in [2.05, 4.69) is 25.1 Å². The first-order valence-electron chi connectivity index (χ1n) is 5.57. The molecule has 0 spiro atoms. The van der Waals surface area contributed by atoms with Gasteiger partial charge in [-0.25, -0.2) is 0 Å². The highest BCUT2D eigenvalue weighted by atomic mass is 16.1. The number of benzene rings is 1. The summed E-state index contributed by atoms with van der Waals surface area (Å²) in [6.07, 6.45) is 5.97. The van der Waals surface area contributed by atoms with Crippen LogP contribution in [0.3, 0.4) is 0 Å². The zero-order valence-corrected chi connectivity index (χ0v) is 9.12. The Morgan fingerprint density at radius 2 is 1.87 bits per heavy atom. The number of ketones is 1. The molecule has 0 unspecified atom stereocenters. The number of hydrogen-bond donors (Lipinski definition) is 0. The van der Waals surface area contributed by atoms with Gasteiger partial charge in [0.1, 0.15) is 0 Å². The molecule has 1 aliphatic rings. The van der Waals surface area contributed by atoms with Crippen molar-refractivity contribution in [3.63, 3.8) is 0 Å². The van der Waals surface area contributed by atoms with Crippen molar-refractivity contribution in [2.24, 2.45) is 0 Å². The molecule has 0 amide bonds. The van der Waals surface area contributed by atoms with E-state index in [-0.39, 0.29) is 0 Å². The highest BCUT2D eigenvalue weighted by molar-refractivity contribution is 6.00. The summed E-state index contributed by atoms with van der Waals surface area (Å²) in [5.74, 6) is 0.338. The lowest BCUT2D eigenvalue weighted by Crippen LogP contribution is -2.08. The molecule has 1 aromatic carbocycles. The van der Waals surface area contributed by atoms with E-state index in [4.69, 9.17) is 0 Å². The minimum absolute atomic E-state index is 0.338. The summed E-state index contributed by atoms with van der Waals surface area (Å²) in [6.45, 7) is 2.08. The summed E-state index contributed by atoms with van der Waals surface area (Å²) in [5, 5.41) is 0. The lowest BCUT2D eigenvalue weighted by Gasteiger charge is -2.12. The minimum Gasteiger partial charge on any atom is -0.295 e. The third-order valence-electron chi connectivity index (χ3n) is 2.98. The zero-order valence-electron chi connectivity index (χ0n) is 9.12. The average Bonchev–Trinajstić information content (AvgIpc) is 2.24. The number of aryl methyl sites for hydroxylation is 1. The van der Waals surface area contributed by atoms with Crippen LogP contribution in [0.2, 0.25) is 0 Å². The van der Waals surface area contributed by atoms with E-state index in [1.807, 2.05) is 12.1 Å². The van der Waals surface area contributed by atoms with Crippen LogP contribution in [0, 0.1) is 6.92 Å². The Labute approximate surface area is 90.8 Å². The van der Waals surface area contributed by atoms with E-state index in [0.29, 0.717) is 5.78 Å². The quantitative estimate of drug-likeness (QED) is 0.634. The Hall–Kier alpha value is -1.37. The second-order valence-corrected chi connectivity index (χ2v) is 4.16. The van der Waals surface area contributed by atoms with Crippen molar-refractivity contribution in [1.82, 2.24) is 0 Å². The van der Waals surface area contributed by atoms with Crippen LogP contribution in [0.5, 0.6) is 0 Å². The lowest BCUT2D eigenvalue weighted by atomic mass is 9.91. The summed E-state index contributed by atoms with van der Waals surface area (Å²) in [6, 6.07) is 8.21. The van der Waals surface area contributed by atoms with E-state index in [1.165, 1.54) is 11.1 Å². The first-order valence-corrected chi connectivity index (χ1v) is 5.57. The van der Waals surface area contributed by atoms with Gasteiger partial charge in [0.25, 0.3) is 0 Å². The summed E-state index contributed by atoms with van der Waals surface area (Å²) < 4.78 is 0. The van der Waals surface area contributed by atoms with Gasteiger partial charge in [-0.3, -0.25) is 4.79 Å². The summed E-state index contributed by atoms with van der Waals surface area (Å²) in [5.41, 5.74) is 3.43. The first kappa shape index (κ1) is 10.2. The molecule has 1 saturated carbocycles. The second kappa shape index (κ2) is 4.43. The lowest BCUT2D eigenvalue weighted by molar-refractivity contribution is -0.116. The Morgan fingerprint density at radius 1 is 1.13 bits per heavy atom. The van der Waals surface area contributed by atoms with Crippen molar-refractivity contribution in [1.29, 1.82) is 0 Å². The van der Waals surface area contributed by atoms with Gasteiger partial charge in [-0.05, 0) is 49.0 Å². The van der Waals surface area contributed by atoms with E-state index in [9.17, 15) is 4.79 Å². The van der Waals surface area contributed by atoms with E-state index >= 15 is 0 Å². The molecule has 0 heterocycles. The van der Waals surface area contributed by atoms with Crippen LogP contribution < -0.4 is 0 Å². The van der Waals surface area contributed by atoms with Gasteiger partial charge < -0.3 is 0 Å².